The molecule has 1 N–H and O–H groups in total. The van der Waals surface area contributed by atoms with Crippen molar-refractivity contribution in [1.29, 1.82) is 0 Å². The molecule has 1 aromatic carbocycles. The van der Waals surface area contributed by atoms with Crippen molar-refractivity contribution >= 4 is 5.97 Å². The molecule has 0 amide bonds. The van der Waals surface area contributed by atoms with Crippen LogP contribution in [0.3, 0.4) is 0 Å². The Morgan fingerprint density at radius 3 is 2.65 bits per heavy atom. The molecule has 0 spiro atoms. The zero-order chi connectivity index (χ0) is 14.7. The van der Waals surface area contributed by atoms with Crippen molar-refractivity contribution in [3.63, 3.8) is 0 Å². The number of nitrogens with zero attached hydrogens (tertiary/aromatic N) is 2. The molecule has 0 atom stereocenters. The summed E-state index contributed by atoms with van der Waals surface area (Å²) < 4.78 is 1.59. The lowest BCUT2D eigenvalue weighted by atomic mass is 10.1. The molecule has 1 heterocycles. The summed E-state index contributed by atoms with van der Waals surface area (Å²) in [7, 11) is 0. The summed E-state index contributed by atoms with van der Waals surface area (Å²) in [5.41, 5.74) is 4.57. The van der Waals surface area contributed by atoms with Crippen LogP contribution in [0.1, 0.15) is 46.2 Å². The first-order valence-electron chi connectivity index (χ1n) is 6.87. The van der Waals surface area contributed by atoms with Crippen LogP contribution in [0.15, 0.2) is 24.3 Å². The number of hydrogen-bond donors (Lipinski definition) is 1. The predicted molar refractivity (Wildman–Crippen MR) is 78.2 cm³/mol. The molecule has 0 fully saturated rings. The van der Waals surface area contributed by atoms with E-state index in [0.29, 0.717) is 6.54 Å². The van der Waals surface area contributed by atoms with Gasteiger partial charge >= 0.3 is 5.97 Å². The van der Waals surface area contributed by atoms with E-state index in [2.05, 4.69) is 18.1 Å². The molecule has 4 nitrogen and oxygen atoms in total. The van der Waals surface area contributed by atoms with E-state index < -0.39 is 5.97 Å². The molecule has 0 saturated carbocycles. The smallest absolute Gasteiger partial charge is 0.354 e. The molecule has 0 aliphatic rings. The second kappa shape index (κ2) is 5.90. The minimum Gasteiger partial charge on any atom is -0.477 e. The number of aryl methyl sites for hydroxylation is 3. The summed E-state index contributed by atoms with van der Waals surface area (Å²) in [6.07, 6.45) is 1.76. The van der Waals surface area contributed by atoms with Crippen molar-refractivity contribution in [3.05, 3.63) is 52.3 Å². The molecule has 2 rings (SSSR count). The van der Waals surface area contributed by atoms with Crippen molar-refractivity contribution < 1.29 is 9.90 Å². The van der Waals surface area contributed by atoms with Crippen LogP contribution in [0.4, 0.5) is 0 Å². The van der Waals surface area contributed by atoms with Gasteiger partial charge in [0, 0.05) is 0 Å². The van der Waals surface area contributed by atoms with Crippen molar-refractivity contribution in [3.8, 4) is 0 Å². The zero-order valence-corrected chi connectivity index (χ0v) is 12.2. The highest BCUT2D eigenvalue weighted by atomic mass is 16.4. The number of aromatic carboxylic acids is 1. The third-order valence-corrected chi connectivity index (χ3v) is 3.37. The fourth-order valence-corrected chi connectivity index (χ4v) is 2.33. The molecule has 20 heavy (non-hydrogen) atoms. The molecular weight excluding hydrogens is 252 g/mol. The van der Waals surface area contributed by atoms with Gasteiger partial charge < -0.3 is 5.11 Å². The Kier molecular flexibility index (Phi) is 4.23. The van der Waals surface area contributed by atoms with E-state index in [1.54, 1.807) is 10.7 Å². The van der Waals surface area contributed by atoms with Gasteiger partial charge in [-0.05, 0) is 37.5 Å². The van der Waals surface area contributed by atoms with E-state index >= 15 is 0 Å². The summed E-state index contributed by atoms with van der Waals surface area (Å²) in [6, 6.07) is 7.86. The van der Waals surface area contributed by atoms with Crippen molar-refractivity contribution in [2.24, 2.45) is 0 Å². The molecule has 106 valence electrons. The van der Waals surface area contributed by atoms with E-state index in [9.17, 15) is 9.90 Å². The number of aromatic nitrogens is 2. The maximum absolute atomic E-state index is 11.3. The number of carboxylic acid groups (broad SMARTS) is 1. The Morgan fingerprint density at radius 2 is 2.05 bits per heavy atom. The van der Waals surface area contributed by atoms with Crippen LogP contribution < -0.4 is 0 Å². The minimum absolute atomic E-state index is 0.258. The standard InChI is InChI=1S/C16H20N2O2/c1-4-5-14-9-15(16(19)20)18(17-14)10-13-7-6-11(2)8-12(13)3/h6-9H,4-5,10H2,1-3H3,(H,19,20). The number of carbonyl (C=O) groups is 1. The first-order chi connectivity index (χ1) is 9.51. The molecule has 0 unspecified atom stereocenters. The lowest BCUT2D eigenvalue weighted by Gasteiger charge is -2.08. The SMILES string of the molecule is CCCc1cc(C(=O)O)n(Cc2ccc(C)cc2C)n1. The molecule has 1 aromatic heterocycles. The number of hydrogen-bond acceptors (Lipinski definition) is 2. The van der Waals surface area contributed by atoms with E-state index in [1.807, 2.05) is 26.0 Å². The van der Waals surface area contributed by atoms with Crippen molar-refractivity contribution in [2.45, 2.75) is 40.2 Å². The van der Waals surface area contributed by atoms with Gasteiger partial charge in [-0.2, -0.15) is 5.10 Å². The summed E-state index contributed by atoms with van der Waals surface area (Å²) in [5, 5.41) is 13.7. The van der Waals surface area contributed by atoms with Gasteiger partial charge in [-0.3, -0.25) is 4.68 Å². The Morgan fingerprint density at radius 1 is 1.30 bits per heavy atom. The van der Waals surface area contributed by atoms with Crippen LogP contribution in [-0.2, 0) is 13.0 Å². The van der Waals surface area contributed by atoms with Crippen LogP contribution in [0.2, 0.25) is 0 Å². The summed E-state index contributed by atoms with van der Waals surface area (Å²) in [4.78, 5) is 11.3. The molecule has 0 saturated heterocycles. The van der Waals surface area contributed by atoms with E-state index in [0.717, 1.165) is 29.7 Å². The molecule has 0 aliphatic heterocycles. The summed E-state index contributed by atoms with van der Waals surface area (Å²) in [5.74, 6) is -0.926. The fraction of sp³-hybridized carbons (Fsp3) is 0.375. The van der Waals surface area contributed by atoms with Crippen LogP contribution in [0.5, 0.6) is 0 Å². The third kappa shape index (κ3) is 3.07. The molecular formula is C16H20N2O2. The fourth-order valence-electron chi connectivity index (χ4n) is 2.33. The van der Waals surface area contributed by atoms with Crippen molar-refractivity contribution in [2.75, 3.05) is 0 Å². The largest absolute Gasteiger partial charge is 0.477 e. The maximum atomic E-state index is 11.3. The van der Waals surface area contributed by atoms with Gasteiger partial charge in [-0.25, -0.2) is 4.79 Å². The van der Waals surface area contributed by atoms with E-state index in [-0.39, 0.29) is 5.69 Å². The minimum atomic E-state index is -0.926. The summed E-state index contributed by atoms with van der Waals surface area (Å²) in [6.45, 7) is 6.65. The Labute approximate surface area is 119 Å². The van der Waals surface area contributed by atoms with Crippen LogP contribution >= 0.6 is 0 Å². The molecule has 4 heteroatoms. The first-order valence-corrected chi connectivity index (χ1v) is 6.87. The number of rotatable bonds is 5. The van der Waals surface area contributed by atoms with Crippen LogP contribution in [0, 0.1) is 13.8 Å². The number of carboxylic acids is 1. The second-order valence-electron chi connectivity index (χ2n) is 5.16. The van der Waals surface area contributed by atoms with E-state index in [4.69, 9.17) is 0 Å². The van der Waals surface area contributed by atoms with Gasteiger partial charge in [-0.15, -0.1) is 0 Å². The van der Waals surface area contributed by atoms with Gasteiger partial charge in [0.05, 0.1) is 12.2 Å². The average Bonchev–Trinajstić information content (AvgIpc) is 2.76. The third-order valence-electron chi connectivity index (χ3n) is 3.37. The zero-order valence-electron chi connectivity index (χ0n) is 12.2. The first kappa shape index (κ1) is 14.3. The molecule has 0 bridgehead atoms. The van der Waals surface area contributed by atoms with Gasteiger partial charge in [0.2, 0.25) is 0 Å². The van der Waals surface area contributed by atoms with Gasteiger partial charge in [0.1, 0.15) is 5.69 Å². The number of benzene rings is 1. The Hall–Kier alpha value is -2.10. The molecule has 2 aromatic rings. The lowest BCUT2D eigenvalue weighted by Crippen LogP contribution is -2.11. The predicted octanol–water partition coefficient (Wildman–Crippen LogP) is 3.20. The van der Waals surface area contributed by atoms with Gasteiger partial charge in [-0.1, -0.05) is 37.1 Å². The topological polar surface area (TPSA) is 55.1 Å². The Balaban J connectivity index is 2.34. The highest BCUT2D eigenvalue weighted by Crippen LogP contribution is 2.15. The molecule has 0 aliphatic carbocycles. The maximum Gasteiger partial charge on any atom is 0.354 e. The average molecular weight is 272 g/mol. The normalized spacial score (nSPS) is 10.8. The summed E-state index contributed by atoms with van der Waals surface area (Å²) >= 11 is 0. The lowest BCUT2D eigenvalue weighted by molar-refractivity contribution is 0.0684. The van der Waals surface area contributed by atoms with Crippen molar-refractivity contribution in [1.82, 2.24) is 9.78 Å². The highest BCUT2D eigenvalue weighted by molar-refractivity contribution is 5.85. The van der Waals surface area contributed by atoms with Gasteiger partial charge in [0.25, 0.3) is 0 Å². The van der Waals surface area contributed by atoms with Crippen LogP contribution in [-0.4, -0.2) is 20.9 Å². The second-order valence-corrected chi connectivity index (χ2v) is 5.16. The Bertz CT molecular complexity index is 629. The van der Waals surface area contributed by atoms with Gasteiger partial charge in [0.15, 0.2) is 0 Å². The highest BCUT2D eigenvalue weighted by Gasteiger charge is 2.14. The van der Waals surface area contributed by atoms with E-state index in [1.165, 1.54) is 5.56 Å². The molecule has 0 radical (unpaired) electrons. The van der Waals surface area contributed by atoms with Crippen LogP contribution in [0.25, 0.3) is 0 Å². The quantitative estimate of drug-likeness (QED) is 0.909. The monoisotopic (exact) mass is 272 g/mol.